The zero-order valence-corrected chi connectivity index (χ0v) is 14.4. The highest BCUT2D eigenvalue weighted by atomic mass is 35.5. The number of rotatable bonds is 5. The van der Waals surface area contributed by atoms with Gasteiger partial charge in [0.05, 0.1) is 19.6 Å². The van der Waals surface area contributed by atoms with Gasteiger partial charge in [-0.3, -0.25) is 4.79 Å². The van der Waals surface area contributed by atoms with E-state index in [2.05, 4.69) is 13.8 Å². The van der Waals surface area contributed by atoms with Gasteiger partial charge in [0.1, 0.15) is 5.75 Å². The first-order valence-electron chi connectivity index (χ1n) is 6.77. The van der Waals surface area contributed by atoms with Crippen LogP contribution in [0.4, 0.5) is 0 Å². The molecule has 0 aliphatic carbocycles. The fourth-order valence-corrected chi connectivity index (χ4v) is 2.13. The minimum atomic E-state index is -0.822. The summed E-state index contributed by atoms with van der Waals surface area (Å²) in [6.07, 6.45) is 0. The van der Waals surface area contributed by atoms with Crippen molar-refractivity contribution in [3.63, 3.8) is 0 Å². The number of carbonyl (C=O) groups is 1. The van der Waals surface area contributed by atoms with Gasteiger partial charge >= 0.3 is 5.97 Å². The van der Waals surface area contributed by atoms with Crippen molar-refractivity contribution in [2.45, 2.75) is 39.7 Å². The number of esters is 1. The van der Waals surface area contributed by atoms with Gasteiger partial charge in [-0.15, -0.1) is 12.4 Å². The Bertz CT molecular complexity index is 486. The van der Waals surface area contributed by atoms with E-state index in [1.54, 1.807) is 21.0 Å². The molecule has 5 heteroatoms. The lowest BCUT2D eigenvalue weighted by Gasteiger charge is -2.30. The predicted octanol–water partition coefficient (Wildman–Crippen LogP) is 3.44. The van der Waals surface area contributed by atoms with Crippen molar-refractivity contribution in [3.05, 3.63) is 29.3 Å². The average molecular weight is 316 g/mol. The van der Waals surface area contributed by atoms with E-state index in [1.165, 1.54) is 7.11 Å². The third-order valence-electron chi connectivity index (χ3n) is 3.74. The van der Waals surface area contributed by atoms with Gasteiger partial charge in [0.2, 0.25) is 0 Å². The van der Waals surface area contributed by atoms with Crippen LogP contribution in [-0.4, -0.2) is 20.2 Å². The number of methoxy groups -OCH3 is 2. The molecule has 0 fully saturated rings. The van der Waals surface area contributed by atoms with E-state index in [0.29, 0.717) is 11.7 Å². The molecule has 1 aromatic rings. The van der Waals surface area contributed by atoms with E-state index in [4.69, 9.17) is 15.2 Å². The van der Waals surface area contributed by atoms with Crippen LogP contribution in [0.1, 0.15) is 50.8 Å². The molecule has 0 aromatic heterocycles. The van der Waals surface area contributed by atoms with Gasteiger partial charge in [-0.2, -0.15) is 0 Å². The summed E-state index contributed by atoms with van der Waals surface area (Å²) in [5, 5.41) is 0. The Balaban J connectivity index is 0.00000400. The molecule has 0 aliphatic heterocycles. The van der Waals surface area contributed by atoms with Crippen molar-refractivity contribution in [1.82, 2.24) is 0 Å². The van der Waals surface area contributed by atoms with Crippen molar-refractivity contribution in [2.75, 3.05) is 14.2 Å². The number of hydrogen-bond acceptors (Lipinski definition) is 4. The Hall–Kier alpha value is -1.26. The molecule has 1 rings (SSSR count). The summed E-state index contributed by atoms with van der Waals surface area (Å²) in [4.78, 5) is 11.9. The molecule has 2 N–H and O–H groups in total. The lowest BCUT2D eigenvalue weighted by Crippen LogP contribution is -2.37. The number of halogens is 1. The molecule has 0 saturated heterocycles. The lowest BCUT2D eigenvalue weighted by atomic mass is 9.80. The number of ether oxygens (including phenoxy) is 2. The molecular weight excluding hydrogens is 290 g/mol. The maximum atomic E-state index is 11.9. The third kappa shape index (κ3) is 4.11. The number of hydrogen-bond donors (Lipinski definition) is 1. The van der Waals surface area contributed by atoms with Crippen molar-refractivity contribution < 1.29 is 14.3 Å². The van der Waals surface area contributed by atoms with Crippen LogP contribution in [0, 0.1) is 5.41 Å². The Kier molecular flexibility index (Phi) is 7.20. The molecule has 0 aliphatic rings. The van der Waals surface area contributed by atoms with Crippen molar-refractivity contribution in [2.24, 2.45) is 11.1 Å². The molecule has 1 aromatic carbocycles. The molecule has 0 unspecified atom stereocenters. The number of nitrogens with two attached hydrogens (primary N) is 1. The van der Waals surface area contributed by atoms with Crippen LogP contribution in [0.15, 0.2) is 18.2 Å². The quantitative estimate of drug-likeness (QED) is 0.845. The van der Waals surface area contributed by atoms with Crippen molar-refractivity contribution in [3.8, 4) is 5.75 Å². The predicted molar refractivity (Wildman–Crippen MR) is 87.1 cm³/mol. The second-order valence-corrected chi connectivity index (χ2v) is 5.85. The van der Waals surface area contributed by atoms with E-state index in [-0.39, 0.29) is 18.4 Å². The topological polar surface area (TPSA) is 61.5 Å². The summed E-state index contributed by atoms with van der Waals surface area (Å²) in [6, 6.07) is 5.44. The van der Waals surface area contributed by atoms with Crippen molar-refractivity contribution in [1.29, 1.82) is 0 Å². The maximum absolute atomic E-state index is 11.9. The van der Waals surface area contributed by atoms with Gasteiger partial charge in [-0.05, 0) is 31.4 Å². The number of carbonyl (C=O) groups excluding carboxylic acids is 1. The fraction of sp³-hybridized carbons (Fsp3) is 0.562. The molecule has 120 valence electrons. The second-order valence-electron chi connectivity index (χ2n) is 5.85. The van der Waals surface area contributed by atoms with E-state index in [9.17, 15) is 4.79 Å². The van der Waals surface area contributed by atoms with Gasteiger partial charge in [-0.25, -0.2) is 0 Å². The molecule has 21 heavy (non-hydrogen) atoms. The number of benzene rings is 1. The van der Waals surface area contributed by atoms with Gasteiger partial charge in [0.25, 0.3) is 0 Å². The Morgan fingerprint density at radius 2 is 1.81 bits per heavy atom. The van der Waals surface area contributed by atoms with Crippen molar-refractivity contribution >= 4 is 18.4 Å². The first kappa shape index (κ1) is 19.7. The molecule has 0 saturated carbocycles. The molecule has 4 nitrogen and oxygen atoms in total. The first-order chi connectivity index (χ1) is 9.25. The minimum absolute atomic E-state index is 0. The summed E-state index contributed by atoms with van der Waals surface area (Å²) in [5.41, 5.74) is 7.48. The minimum Gasteiger partial charge on any atom is -0.496 e. The lowest BCUT2D eigenvalue weighted by molar-refractivity contribution is -0.152. The first-order valence-corrected chi connectivity index (χ1v) is 6.77. The Labute approximate surface area is 133 Å². The standard InChI is InChI=1S/C16H25NO3.ClH/c1-10(2)11-7-8-13(19-5)12(9-11)14(17)16(3,4)15(18)20-6;/h7-10,14H,17H2,1-6H3;1H/t14-;/m1./s1. The van der Waals surface area contributed by atoms with Crippen LogP contribution in [-0.2, 0) is 9.53 Å². The SMILES string of the molecule is COC(=O)C(C)(C)[C@H](N)c1cc(C(C)C)ccc1OC.Cl. The van der Waals surface area contributed by atoms with Gasteiger partial charge in [0.15, 0.2) is 0 Å². The zero-order chi connectivity index (χ0) is 15.5. The summed E-state index contributed by atoms with van der Waals surface area (Å²) >= 11 is 0. The zero-order valence-electron chi connectivity index (χ0n) is 13.6. The Morgan fingerprint density at radius 3 is 2.24 bits per heavy atom. The maximum Gasteiger partial charge on any atom is 0.313 e. The van der Waals surface area contributed by atoms with E-state index in [0.717, 1.165) is 11.1 Å². The largest absolute Gasteiger partial charge is 0.496 e. The average Bonchev–Trinajstić information content (AvgIpc) is 2.44. The monoisotopic (exact) mass is 315 g/mol. The van der Waals surface area contributed by atoms with E-state index in [1.807, 2.05) is 18.2 Å². The van der Waals surface area contributed by atoms with E-state index < -0.39 is 11.5 Å². The molecular formula is C16H26ClNO3. The summed E-state index contributed by atoms with van der Waals surface area (Å²) in [5.74, 6) is 0.744. The molecule has 0 bridgehead atoms. The molecule has 0 heterocycles. The van der Waals surface area contributed by atoms with Crippen LogP contribution in [0.25, 0.3) is 0 Å². The normalized spacial score (nSPS) is 12.6. The van der Waals surface area contributed by atoms with Gasteiger partial charge in [-0.1, -0.05) is 26.0 Å². The van der Waals surface area contributed by atoms with Gasteiger partial charge < -0.3 is 15.2 Å². The fourth-order valence-electron chi connectivity index (χ4n) is 2.13. The summed E-state index contributed by atoms with van der Waals surface area (Å²) < 4.78 is 10.2. The van der Waals surface area contributed by atoms with Crippen LogP contribution in [0.5, 0.6) is 5.75 Å². The highest BCUT2D eigenvalue weighted by Crippen LogP contribution is 2.38. The summed E-state index contributed by atoms with van der Waals surface area (Å²) in [7, 11) is 2.98. The third-order valence-corrected chi connectivity index (χ3v) is 3.74. The highest BCUT2D eigenvalue weighted by molar-refractivity contribution is 5.85. The summed E-state index contributed by atoms with van der Waals surface area (Å²) in [6.45, 7) is 7.79. The van der Waals surface area contributed by atoms with Crippen LogP contribution in [0.3, 0.4) is 0 Å². The molecule has 0 radical (unpaired) electrons. The van der Waals surface area contributed by atoms with Gasteiger partial charge in [0, 0.05) is 11.6 Å². The second kappa shape index (κ2) is 7.66. The van der Waals surface area contributed by atoms with Crippen LogP contribution < -0.4 is 10.5 Å². The Morgan fingerprint density at radius 1 is 1.24 bits per heavy atom. The van der Waals surface area contributed by atoms with Crippen LogP contribution in [0.2, 0.25) is 0 Å². The van der Waals surface area contributed by atoms with Crippen LogP contribution >= 0.6 is 12.4 Å². The molecule has 1 atom stereocenters. The highest BCUT2D eigenvalue weighted by Gasteiger charge is 2.38. The molecule has 0 amide bonds. The molecule has 0 spiro atoms. The van der Waals surface area contributed by atoms with E-state index >= 15 is 0 Å². The smallest absolute Gasteiger partial charge is 0.313 e.